The molecule has 0 aromatic heterocycles. The largest absolute Gasteiger partial charge is 0.481 e. The summed E-state index contributed by atoms with van der Waals surface area (Å²) in [5.74, 6) is -1.45. The van der Waals surface area contributed by atoms with Crippen molar-refractivity contribution in [2.24, 2.45) is 11.8 Å². The first-order chi connectivity index (χ1) is 18.5. The van der Waals surface area contributed by atoms with Crippen LogP contribution in [0.25, 0.3) is 0 Å². The Balaban J connectivity index is 1.68. The molecule has 2 heterocycles. The van der Waals surface area contributed by atoms with Crippen molar-refractivity contribution < 1.29 is 38.4 Å². The van der Waals surface area contributed by atoms with Gasteiger partial charge in [-0.1, -0.05) is 38.3 Å². The monoisotopic (exact) mass is 536 g/mol. The molecule has 0 amide bonds. The van der Waals surface area contributed by atoms with E-state index in [1.165, 1.54) is 0 Å². The lowest BCUT2D eigenvalue weighted by Gasteiger charge is -2.29. The fourth-order valence-electron chi connectivity index (χ4n) is 5.64. The minimum absolute atomic E-state index is 0.00746. The molecular formula is C30H48O8. The minimum Gasteiger partial charge on any atom is -0.481 e. The zero-order valence-corrected chi connectivity index (χ0v) is 23.2. The fourth-order valence-corrected chi connectivity index (χ4v) is 5.64. The quantitative estimate of drug-likeness (QED) is 0.185. The van der Waals surface area contributed by atoms with Crippen LogP contribution in [0.3, 0.4) is 0 Å². The molecule has 3 rings (SSSR count). The van der Waals surface area contributed by atoms with E-state index in [4.69, 9.17) is 24.1 Å². The first kappa shape index (κ1) is 30.9. The lowest BCUT2D eigenvalue weighted by molar-refractivity contribution is -0.192. The maximum atomic E-state index is 13.1. The average molecular weight is 537 g/mol. The number of carbonyl (C=O) groups excluding carboxylic acids is 2. The molecule has 1 aliphatic carbocycles. The van der Waals surface area contributed by atoms with Gasteiger partial charge in [-0.3, -0.25) is 14.4 Å². The number of hydrogen-bond acceptors (Lipinski definition) is 7. The van der Waals surface area contributed by atoms with Gasteiger partial charge >= 0.3 is 5.97 Å². The van der Waals surface area contributed by atoms with Gasteiger partial charge in [0.1, 0.15) is 11.6 Å². The predicted octanol–water partition coefficient (Wildman–Crippen LogP) is 5.76. The smallest absolute Gasteiger partial charge is 0.303 e. The first-order valence-electron chi connectivity index (χ1n) is 14.9. The normalized spacial score (nSPS) is 29.1. The summed E-state index contributed by atoms with van der Waals surface area (Å²) in [6.45, 7) is 3.57. The molecule has 0 aromatic carbocycles. The van der Waals surface area contributed by atoms with Crippen molar-refractivity contribution in [3.63, 3.8) is 0 Å². The summed E-state index contributed by atoms with van der Waals surface area (Å²) in [6, 6.07) is 0. The van der Waals surface area contributed by atoms with Gasteiger partial charge in [0.05, 0.1) is 12.2 Å². The van der Waals surface area contributed by atoms with Gasteiger partial charge in [-0.25, -0.2) is 0 Å². The number of ketones is 2. The third-order valence-electron chi connectivity index (χ3n) is 7.82. The molecule has 38 heavy (non-hydrogen) atoms. The number of hydrogen-bond donors (Lipinski definition) is 1. The van der Waals surface area contributed by atoms with Crippen molar-refractivity contribution >= 4 is 17.5 Å². The topological polar surface area (TPSA) is 108 Å². The summed E-state index contributed by atoms with van der Waals surface area (Å²) < 4.78 is 24.3. The number of rotatable bonds is 17. The van der Waals surface area contributed by atoms with E-state index in [0.29, 0.717) is 25.9 Å². The molecule has 0 aromatic rings. The molecule has 0 bridgehead atoms. The van der Waals surface area contributed by atoms with Gasteiger partial charge in [0, 0.05) is 50.7 Å². The maximum absolute atomic E-state index is 13.1. The van der Waals surface area contributed by atoms with E-state index in [9.17, 15) is 14.4 Å². The van der Waals surface area contributed by atoms with Gasteiger partial charge in [0.15, 0.2) is 12.6 Å². The van der Waals surface area contributed by atoms with Crippen molar-refractivity contribution in [2.75, 3.05) is 13.2 Å². The van der Waals surface area contributed by atoms with Crippen LogP contribution in [-0.2, 0) is 33.3 Å². The Morgan fingerprint density at radius 3 is 2.37 bits per heavy atom. The Kier molecular flexibility index (Phi) is 14.0. The Morgan fingerprint density at radius 2 is 1.71 bits per heavy atom. The number of carbonyl (C=O) groups is 3. The molecule has 1 N–H and O–H groups in total. The molecule has 1 saturated carbocycles. The molecule has 8 heteroatoms. The van der Waals surface area contributed by atoms with Crippen LogP contribution in [0.1, 0.15) is 110 Å². The van der Waals surface area contributed by atoms with Crippen molar-refractivity contribution in [2.45, 2.75) is 134 Å². The van der Waals surface area contributed by atoms with Crippen molar-refractivity contribution in [1.29, 1.82) is 0 Å². The second kappa shape index (κ2) is 17.2. The second-order valence-corrected chi connectivity index (χ2v) is 11.0. The first-order valence-corrected chi connectivity index (χ1v) is 14.9. The van der Waals surface area contributed by atoms with Crippen molar-refractivity contribution in [3.8, 4) is 0 Å². The van der Waals surface area contributed by atoms with E-state index in [1.54, 1.807) is 0 Å². The van der Waals surface area contributed by atoms with Crippen LogP contribution in [0, 0.1) is 11.8 Å². The zero-order chi connectivity index (χ0) is 27.2. The van der Waals surface area contributed by atoms with Crippen LogP contribution >= 0.6 is 0 Å². The maximum Gasteiger partial charge on any atom is 0.303 e. The highest BCUT2D eigenvalue weighted by molar-refractivity contribution is 5.90. The number of aliphatic carboxylic acids is 1. The average Bonchev–Trinajstić information content (AvgIpc) is 3.19. The van der Waals surface area contributed by atoms with Crippen molar-refractivity contribution in [1.82, 2.24) is 0 Å². The number of ether oxygens (including phenoxy) is 4. The summed E-state index contributed by atoms with van der Waals surface area (Å²) >= 11 is 0. The van der Waals surface area contributed by atoms with Crippen LogP contribution in [0.15, 0.2) is 12.2 Å². The second-order valence-electron chi connectivity index (χ2n) is 11.0. The molecule has 2 unspecified atom stereocenters. The van der Waals surface area contributed by atoms with Crippen molar-refractivity contribution in [3.05, 3.63) is 12.2 Å². The molecule has 0 spiro atoms. The number of unbranched alkanes of at least 4 members (excludes halogenated alkanes) is 3. The van der Waals surface area contributed by atoms with E-state index in [2.05, 4.69) is 19.1 Å². The van der Waals surface area contributed by atoms with E-state index < -0.39 is 11.9 Å². The summed E-state index contributed by atoms with van der Waals surface area (Å²) in [7, 11) is 0. The molecule has 6 atom stereocenters. The fraction of sp³-hybridized carbons (Fsp3) is 0.833. The van der Waals surface area contributed by atoms with Crippen LogP contribution in [0.2, 0.25) is 0 Å². The van der Waals surface area contributed by atoms with Gasteiger partial charge in [-0.15, -0.1) is 0 Å². The van der Waals surface area contributed by atoms with E-state index in [0.717, 1.165) is 70.8 Å². The van der Waals surface area contributed by atoms with Crippen LogP contribution in [0.5, 0.6) is 0 Å². The van der Waals surface area contributed by atoms with E-state index >= 15 is 0 Å². The molecule has 8 nitrogen and oxygen atoms in total. The summed E-state index contributed by atoms with van der Waals surface area (Å²) in [4.78, 5) is 36.7. The molecule has 3 fully saturated rings. The number of carboxylic acids is 1. The molecule has 2 aliphatic heterocycles. The summed E-state index contributed by atoms with van der Waals surface area (Å²) in [6.07, 6.45) is 15.1. The Morgan fingerprint density at radius 1 is 1.00 bits per heavy atom. The van der Waals surface area contributed by atoms with E-state index in [1.807, 2.05) is 0 Å². The molecule has 0 radical (unpaired) electrons. The highest BCUT2D eigenvalue weighted by Crippen LogP contribution is 2.37. The highest BCUT2D eigenvalue weighted by atomic mass is 16.7. The SMILES string of the molecule is CCCCC[C@@H](/C=C/[C@H]1[C@H](OC2CCCCO2)CC(=O)[C@@H]1CC(=O)CCCCC(=O)O)OC1CCCCO1. The van der Waals surface area contributed by atoms with Gasteiger partial charge in [-0.2, -0.15) is 0 Å². The van der Waals surface area contributed by atoms with Gasteiger partial charge in [0.25, 0.3) is 0 Å². The predicted molar refractivity (Wildman–Crippen MR) is 143 cm³/mol. The lowest BCUT2D eigenvalue weighted by atomic mass is 9.87. The summed E-state index contributed by atoms with van der Waals surface area (Å²) in [5.41, 5.74) is 0. The summed E-state index contributed by atoms with van der Waals surface area (Å²) in [5, 5.41) is 8.84. The highest BCUT2D eigenvalue weighted by Gasteiger charge is 2.43. The lowest BCUT2D eigenvalue weighted by Crippen LogP contribution is -2.31. The van der Waals surface area contributed by atoms with Crippen LogP contribution in [0.4, 0.5) is 0 Å². The Hall–Kier alpha value is -1.61. The van der Waals surface area contributed by atoms with Gasteiger partial charge in [-0.05, 0) is 57.8 Å². The molecular weight excluding hydrogens is 488 g/mol. The molecule has 3 aliphatic rings. The Labute approximate surface area is 227 Å². The van der Waals surface area contributed by atoms with E-state index in [-0.39, 0.29) is 61.5 Å². The number of carboxylic acid groups (broad SMARTS) is 1. The molecule has 2 saturated heterocycles. The minimum atomic E-state index is -0.854. The third kappa shape index (κ3) is 10.9. The van der Waals surface area contributed by atoms with Gasteiger partial charge in [0.2, 0.25) is 0 Å². The standard InChI is InChI=1S/C30H48O8/c1-2-3-4-12-23(37-29-14-7-9-18-35-29)16-17-24-25(20-22(31)11-5-6-13-28(33)34)26(32)21-27(24)38-30-15-8-10-19-36-30/h16-17,23-25,27,29-30H,2-15,18-21H2,1H3,(H,33,34)/b17-16+/t23-,24+,25+,27+,29?,30?/m0/s1. The number of Topliss-reactive ketones (excluding diaryl/α,β-unsaturated/α-hetero) is 2. The molecule has 216 valence electrons. The Bertz CT molecular complexity index is 753. The van der Waals surface area contributed by atoms with Crippen LogP contribution in [-0.4, -0.2) is 60.6 Å². The van der Waals surface area contributed by atoms with Crippen LogP contribution < -0.4 is 0 Å². The zero-order valence-electron chi connectivity index (χ0n) is 23.2. The third-order valence-corrected chi connectivity index (χ3v) is 7.82. The van der Waals surface area contributed by atoms with Gasteiger partial charge < -0.3 is 24.1 Å².